The van der Waals surface area contributed by atoms with Crippen LogP contribution in [0.15, 0.2) is 59.1 Å². The molecule has 1 fully saturated rings. The maximum absolute atomic E-state index is 12.3. The zero-order valence-electron chi connectivity index (χ0n) is 15.8. The molecule has 0 bridgehead atoms. The maximum atomic E-state index is 12.3. The molecule has 1 aliphatic heterocycles. The Labute approximate surface area is 182 Å². The number of likely N-dealkylation sites (tertiary alicyclic amines) is 1. The van der Waals surface area contributed by atoms with Crippen molar-refractivity contribution >= 4 is 43.4 Å². The quantitative estimate of drug-likeness (QED) is 0.548. The van der Waals surface area contributed by atoms with E-state index in [-0.39, 0.29) is 5.91 Å². The molecule has 2 heterocycles. The highest BCUT2D eigenvalue weighted by molar-refractivity contribution is 9.10. The average Bonchev–Trinajstić information content (AvgIpc) is 3.17. The predicted octanol–water partition coefficient (Wildman–Crippen LogP) is 4.63. The SMILES string of the molecule is O=C(Nc1nnc(NC2CCN(Cc3ccccc3)CC2)s1)c1ccc(Br)cc1. The van der Waals surface area contributed by atoms with E-state index in [0.717, 1.165) is 42.1 Å². The summed E-state index contributed by atoms with van der Waals surface area (Å²) >= 11 is 4.74. The zero-order valence-corrected chi connectivity index (χ0v) is 18.2. The molecule has 4 rings (SSSR count). The number of hydrogen-bond acceptors (Lipinski definition) is 6. The summed E-state index contributed by atoms with van der Waals surface area (Å²) in [7, 11) is 0. The number of rotatable bonds is 6. The van der Waals surface area contributed by atoms with Gasteiger partial charge in [0.1, 0.15) is 0 Å². The van der Waals surface area contributed by atoms with Gasteiger partial charge in [0, 0.05) is 35.7 Å². The van der Waals surface area contributed by atoms with Crippen molar-refractivity contribution in [3.63, 3.8) is 0 Å². The van der Waals surface area contributed by atoms with E-state index in [9.17, 15) is 4.79 Å². The third kappa shape index (κ3) is 5.62. The van der Waals surface area contributed by atoms with E-state index in [2.05, 4.69) is 72.0 Å². The number of amides is 1. The molecule has 1 aromatic heterocycles. The summed E-state index contributed by atoms with van der Waals surface area (Å²) in [5.74, 6) is -0.186. The highest BCUT2D eigenvalue weighted by atomic mass is 79.9. The molecule has 29 heavy (non-hydrogen) atoms. The van der Waals surface area contributed by atoms with Crippen molar-refractivity contribution in [2.24, 2.45) is 0 Å². The summed E-state index contributed by atoms with van der Waals surface area (Å²) < 4.78 is 0.936. The van der Waals surface area contributed by atoms with Crippen molar-refractivity contribution in [3.8, 4) is 0 Å². The zero-order chi connectivity index (χ0) is 20.1. The Balaban J connectivity index is 1.25. The minimum Gasteiger partial charge on any atom is -0.357 e. The molecule has 1 aliphatic rings. The molecule has 2 N–H and O–H groups in total. The molecule has 0 saturated carbocycles. The number of benzene rings is 2. The topological polar surface area (TPSA) is 70.1 Å². The predicted molar refractivity (Wildman–Crippen MR) is 120 cm³/mol. The first-order chi connectivity index (χ1) is 14.2. The van der Waals surface area contributed by atoms with Crippen LogP contribution < -0.4 is 10.6 Å². The Morgan fingerprint density at radius 3 is 2.45 bits per heavy atom. The molecular weight excluding hydrogens is 450 g/mol. The van der Waals surface area contributed by atoms with Gasteiger partial charge in [-0.15, -0.1) is 10.2 Å². The Kier molecular flexibility index (Phi) is 6.53. The fraction of sp³-hybridized carbons (Fsp3) is 0.286. The van der Waals surface area contributed by atoms with Crippen LogP contribution in [0.2, 0.25) is 0 Å². The summed E-state index contributed by atoms with van der Waals surface area (Å²) in [5, 5.41) is 15.8. The first-order valence-electron chi connectivity index (χ1n) is 9.59. The van der Waals surface area contributed by atoms with Crippen LogP contribution in [0.5, 0.6) is 0 Å². The van der Waals surface area contributed by atoms with Gasteiger partial charge in [0.15, 0.2) is 0 Å². The van der Waals surface area contributed by atoms with Gasteiger partial charge >= 0.3 is 0 Å². The minimum atomic E-state index is -0.186. The van der Waals surface area contributed by atoms with Crippen molar-refractivity contribution in [1.82, 2.24) is 15.1 Å². The highest BCUT2D eigenvalue weighted by Crippen LogP contribution is 2.24. The van der Waals surface area contributed by atoms with Crippen LogP contribution in [0.25, 0.3) is 0 Å². The van der Waals surface area contributed by atoms with E-state index in [1.54, 1.807) is 12.1 Å². The van der Waals surface area contributed by atoms with Gasteiger partial charge in [0.05, 0.1) is 0 Å². The normalized spacial score (nSPS) is 15.2. The number of carbonyl (C=O) groups excluding carboxylic acids is 1. The molecule has 1 saturated heterocycles. The molecule has 8 heteroatoms. The molecule has 2 aromatic carbocycles. The van der Waals surface area contributed by atoms with E-state index >= 15 is 0 Å². The van der Waals surface area contributed by atoms with Crippen molar-refractivity contribution in [3.05, 3.63) is 70.2 Å². The van der Waals surface area contributed by atoms with Gasteiger partial charge in [-0.1, -0.05) is 57.6 Å². The number of carbonyl (C=O) groups is 1. The van der Waals surface area contributed by atoms with Gasteiger partial charge in [-0.2, -0.15) is 0 Å². The maximum Gasteiger partial charge on any atom is 0.257 e. The second-order valence-electron chi connectivity index (χ2n) is 7.05. The number of halogens is 1. The lowest BCUT2D eigenvalue weighted by molar-refractivity contribution is 0.102. The van der Waals surface area contributed by atoms with Crippen molar-refractivity contribution in [2.45, 2.75) is 25.4 Å². The average molecular weight is 472 g/mol. The van der Waals surface area contributed by atoms with Crippen molar-refractivity contribution < 1.29 is 4.79 Å². The Bertz CT molecular complexity index is 939. The lowest BCUT2D eigenvalue weighted by atomic mass is 10.0. The van der Waals surface area contributed by atoms with E-state index < -0.39 is 0 Å². The largest absolute Gasteiger partial charge is 0.357 e. The Hall–Kier alpha value is -2.29. The minimum absolute atomic E-state index is 0.186. The van der Waals surface area contributed by atoms with E-state index in [1.807, 2.05) is 12.1 Å². The summed E-state index contributed by atoms with van der Waals surface area (Å²) in [4.78, 5) is 14.8. The number of anilines is 2. The van der Waals surface area contributed by atoms with Gasteiger partial charge in [-0.3, -0.25) is 15.0 Å². The van der Waals surface area contributed by atoms with Crippen LogP contribution in [0.3, 0.4) is 0 Å². The van der Waals surface area contributed by atoms with E-state index in [4.69, 9.17) is 0 Å². The molecule has 0 aliphatic carbocycles. The fourth-order valence-corrected chi connectivity index (χ4v) is 4.33. The first kappa shape index (κ1) is 20.0. The lowest BCUT2D eigenvalue weighted by Crippen LogP contribution is -2.38. The van der Waals surface area contributed by atoms with Gasteiger partial charge in [0.25, 0.3) is 5.91 Å². The molecule has 0 spiro atoms. The van der Waals surface area contributed by atoms with Gasteiger partial charge in [-0.25, -0.2) is 0 Å². The van der Waals surface area contributed by atoms with Crippen LogP contribution in [0.1, 0.15) is 28.8 Å². The van der Waals surface area contributed by atoms with E-state index in [1.165, 1.54) is 16.9 Å². The van der Waals surface area contributed by atoms with Gasteiger partial charge < -0.3 is 5.32 Å². The molecule has 0 atom stereocenters. The molecule has 1 amide bonds. The van der Waals surface area contributed by atoms with Gasteiger partial charge in [0.2, 0.25) is 10.3 Å². The second-order valence-corrected chi connectivity index (χ2v) is 8.95. The molecule has 150 valence electrons. The molecule has 6 nitrogen and oxygen atoms in total. The molecular formula is C21H22BrN5OS. The number of aromatic nitrogens is 2. The van der Waals surface area contributed by atoms with Gasteiger partial charge in [-0.05, 0) is 42.7 Å². The molecule has 3 aromatic rings. The van der Waals surface area contributed by atoms with Crippen molar-refractivity contribution in [1.29, 1.82) is 0 Å². The summed E-state index contributed by atoms with van der Waals surface area (Å²) in [6.45, 7) is 3.11. The molecule has 0 unspecified atom stereocenters. The van der Waals surface area contributed by atoms with Crippen LogP contribution in [0, 0.1) is 0 Å². The number of piperidine rings is 1. The third-order valence-electron chi connectivity index (χ3n) is 4.92. The highest BCUT2D eigenvalue weighted by Gasteiger charge is 2.20. The lowest BCUT2D eigenvalue weighted by Gasteiger charge is -2.32. The monoisotopic (exact) mass is 471 g/mol. The summed E-state index contributed by atoms with van der Waals surface area (Å²) in [6.07, 6.45) is 2.12. The van der Waals surface area contributed by atoms with Crippen molar-refractivity contribution in [2.75, 3.05) is 23.7 Å². The van der Waals surface area contributed by atoms with Crippen LogP contribution >= 0.6 is 27.3 Å². The fourth-order valence-electron chi connectivity index (χ4n) is 3.35. The third-order valence-corrected chi connectivity index (χ3v) is 6.21. The number of nitrogens with one attached hydrogen (secondary N) is 2. The Morgan fingerprint density at radius 2 is 1.72 bits per heavy atom. The number of nitrogens with zero attached hydrogens (tertiary/aromatic N) is 3. The summed E-state index contributed by atoms with van der Waals surface area (Å²) in [5.41, 5.74) is 1.94. The number of hydrogen-bond donors (Lipinski definition) is 2. The first-order valence-corrected chi connectivity index (χ1v) is 11.2. The van der Waals surface area contributed by atoms with Crippen LogP contribution in [-0.4, -0.2) is 40.1 Å². The standard InChI is InChI=1S/C21H22BrN5OS/c22-17-8-6-16(7-9-17)19(28)24-21-26-25-20(29-21)23-18-10-12-27(13-11-18)14-15-4-2-1-3-5-15/h1-9,18H,10-14H2,(H,23,25)(H,24,26,28). The second kappa shape index (κ2) is 9.47. The smallest absolute Gasteiger partial charge is 0.257 e. The van der Waals surface area contributed by atoms with Crippen LogP contribution in [0.4, 0.5) is 10.3 Å². The van der Waals surface area contributed by atoms with E-state index in [0.29, 0.717) is 16.7 Å². The van der Waals surface area contributed by atoms with Crippen LogP contribution in [-0.2, 0) is 6.54 Å². The summed E-state index contributed by atoms with van der Waals surface area (Å²) in [6, 6.07) is 18.2. The molecule has 0 radical (unpaired) electrons. The Morgan fingerprint density at radius 1 is 1.03 bits per heavy atom.